The molecular formula is C26H48O6. The van der Waals surface area contributed by atoms with E-state index in [1.165, 1.54) is 6.08 Å². The molecule has 1 saturated carbocycles. The Balaban J connectivity index is 2.43. The van der Waals surface area contributed by atoms with E-state index in [4.69, 9.17) is 14.6 Å². The number of esters is 1. The van der Waals surface area contributed by atoms with Crippen molar-refractivity contribution in [2.45, 2.75) is 116 Å². The van der Waals surface area contributed by atoms with Crippen molar-refractivity contribution in [1.29, 1.82) is 0 Å². The third-order valence-electron chi connectivity index (χ3n) is 6.55. The quantitative estimate of drug-likeness (QED) is 0.150. The van der Waals surface area contributed by atoms with Crippen molar-refractivity contribution in [3.63, 3.8) is 0 Å². The summed E-state index contributed by atoms with van der Waals surface area (Å²) in [5.74, 6) is 0.0945. The lowest BCUT2D eigenvalue weighted by atomic mass is 9.84. The van der Waals surface area contributed by atoms with Gasteiger partial charge in [-0.25, -0.2) is 4.79 Å². The molecule has 1 aliphatic rings. The molecule has 3 N–H and O–H groups in total. The number of rotatable bonds is 19. The van der Waals surface area contributed by atoms with Gasteiger partial charge >= 0.3 is 5.97 Å². The number of allylic oxidation sites excluding steroid dienone is 1. The van der Waals surface area contributed by atoms with Crippen LogP contribution >= 0.6 is 0 Å². The maximum Gasteiger partial charge on any atom is 0.330 e. The van der Waals surface area contributed by atoms with Gasteiger partial charge < -0.3 is 24.8 Å². The molecule has 0 aliphatic heterocycles. The van der Waals surface area contributed by atoms with Crippen LogP contribution in [0.1, 0.15) is 97.3 Å². The van der Waals surface area contributed by atoms with Crippen LogP contribution in [0.3, 0.4) is 0 Å². The van der Waals surface area contributed by atoms with Crippen LogP contribution in [0.15, 0.2) is 12.2 Å². The zero-order valence-electron chi connectivity index (χ0n) is 20.4. The van der Waals surface area contributed by atoms with Crippen molar-refractivity contribution < 1.29 is 29.6 Å². The average Bonchev–Trinajstić information content (AvgIpc) is 3.07. The Bertz CT molecular complexity index is 495. The molecule has 0 saturated heterocycles. The molecule has 188 valence electrons. The first-order chi connectivity index (χ1) is 15.5. The smallest absolute Gasteiger partial charge is 0.330 e. The first kappa shape index (κ1) is 29.1. The van der Waals surface area contributed by atoms with Gasteiger partial charge in [-0.1, -0.05) is 52.0 Å². The fourth-order valence-corrected chi connectivity index (χ4v) is 4.70. The maximum atomic E-state index is 11.6. The summed E-state index contributed by atoms with van der Waals surface area (Å²) in [5, 5.41) is 30.2. The number of aliphatic hydroxyl groups excluding tert-OH is 3. The summed E-state index contributed by atoms with van der Waals surface area (Å²) < 4.78 is 11.0. The first-order valence-corrected chi connectivity index (χ1v) is 12.9. The minimum absolute atomic E-state index is 0.0170. The van der Waals surface area contributed by atoms with E-state index in [1.54, 1.807) is 0 Å². The first-order valence-electron chi connectivity index (χ1n) is 12.9. The van der Waals surface area contributed by atoms with E-state index in [1.807, 2.05) is 6.08 Å². The second-order valence-electron chi connectivity index (χ2n) is 9.20. The van der Waals surface area contributed by atoms with Crippen LogP contribution in [0, 0.1) is 11.8 Å². The molecular weight excluding hydrogens is 408 g/mol. The van der Waals surface area contributed by atoms with E-state index in [0.717, 1.165) is 77.0 Å². The van der Waals surface area contributed by atoms with E-state index in [-0.39, 0.29) is 36.6 Å². The number of unbranched alkanes of at least 4 members (excludes halogenated alkanes) is 5. The highest BCUT2D eigenvalue weighted by molar-refractivity contribution is 5.81. The molecule has 0 aromatic heterocycles. The van der Waals surface area contributed by atoms with Gasteiger partial charge in [0, 0.05) is 12.5 Å². The Morgan fingerprint density at radius 1 is 1.00 bits per heavy atom. The third kappa shape index (κ3) is 12.3. The van der Waals surface area contributed by atoms with Crippen molar-refractivity contribution in [3.05, 3.63) is 12.2 Å². The van der Waals surface area contributed by atoms with Crippen LogP contribution in [-0.4, -0.2) is 59.4 Å². The van der Waals surface area contributed by atoms with Gasteiger partial charge in [0.1, 0.15) is 0 Å². The number of hydrogen-bond donors (Lipinski definition) is 3. The summed E-state index contributed by atoms with van der Waals surface area (Å²) in [6, 6.07) is 0. The van der Waals surface area contributed by atoms with Crippen molar-refractivity contribution in [2.75, 3.05) is 19.8 Å². The molecule has 32 heavy (non-hydrogen) atoms. The maximum absolute atomic E-state index is 11.6. The normalized spacial score (nSPS) is 24.3. The van der Waals surface area contributed by atoms with Crippen LogP contribution < -0.4 is 0 Å². The zero-order chi connectivity index (χ0) is 23.6. The molecule has 6 nitrogen and oxygen atoms in total. The lowest BCUT2D eigenvalue weighted by Gasteiger charge is -2.26. The Morgan fingerprint density at radius 3 is 2.50 bits per heavy atom. The summed E-state index contributed by atoms with van der Waals surface area (Å²) in [7, 11) is 0. The molecule has 0 spiro atoms. The number of carbonyl (C=O) groups is 1. The Morgan fingerprint density at radius 2 is 1.78 bits per heavy atom. The highest BCUT2D eigenvalue weighted by Crippen LogP contribution is 2.41. The SMILES string of the molecule is CCCCCC(O)CC[C@@H]1[C@@H](CCCCC=CC(=O)OCCCC)[C@@H](O)C[C@H]1OCCO. The van der Waals surface area contributed by atoms with Gasteiger partial charge in [-0.2, -0.15) is 0 Å². The summed E-state index contributed by atoms with van der Waals surface area (Å²) in [6.07, 6.45) is 14.6. The van der Waals surface area contributed by atoms with Crippen molar-refractivity contribution >= 4 is 5.97 Å². The van der Waals surface area contributed by atoms with Gasteiger partial charge in [-0.15, -0.1) is 0 Å². The fourth-order valence-electron chi connectivity index (χ4n) is 4.70. The molecule has 1 fully saturated rings. The minimum Gasteiger partial charge on any atom is -0.463 e. The summed E-state index contributed by atoms with van der Waals surface area (Å²) in [4.78, 5) is 11.6. The number of carbonyl (C=O) groups excluding carboxylic acids is 1. The summed E-state index contributed by atoms with van der Waals surface area (Å²) in [5.41, 5.74) is 0. The molecule has 0 aromatic carbocycles. The van der Waals surface area contributed by atoms with Crippen LogP contribution in [0.5, 0.6) is 0 Å². The molecule has 1 rings (SSSR count). The van der Waals surface area contributed by atoms with E-state index in [0.29, 0.717) is 19.6 Å². The molecule has 1 unspecified atom stereocenters. The van der Waals surface area contributed by atoms with Crippen LogP contribution in [0.4, 0.5) is 0 Å². The second kappa shape index (κ2) is 18.5. The van der Waals surface area contributed by atoms with Gasteiger partial charge in [-0.05, 0) is 56.8 Å². The van der Waals surface area contributed by atoms with Crippen molar-refractivity contribution in [3.8, 4) is 0 Å². The Labute approximate surface area is 195 Å². The average molecular weight is 457 g/mol. The summed E-state index contributed by atoms with van der Waals surface area (Å²) >= 11 is 0. The molecule has 0 bridgehead atoms. The fraction of sp³-hybridized carbons (Fsp3) is 0.885. The monoisotopic (exact) mass is 456 g/mol. The molecule has 5 atom stereocenters. The number of ether oxygens (including phenoxy) is 2. The van der Waals surface area contributed by atoms with Crippen molar-refractivity contribution in [2.24, 2.45) is 11.8 Å². The molecule has 0 amide bonds. The van der Waals surface area contributed by atoms with Crippen LogP contribution in [-0.2, 0) is 14.3 Å². The van der Waals surface area contributed by atoms with E-state index in [2.05, 4.69) is 13.8 Å². The standard InChI is InChI=1S/C26H48O6/c1-3-5-9-12-21(28)15-16-23-22(24(29)20-25(23)31-19-17-27)13-10-7-8-11-14-26(30)32-18-6-4-2/h11,14,21-25,27-29H,3-10,12-13,15-20H2,1-2H3/t21?,22-,23-,24+,25-/m1/s1. The van der Waals surface area contributed by atoms with Gasteiger partial charge in [0.15, 0.2) is 0 Å². The van der Waals surface area contributed by atoms with Crippen LogP contribution in [0.2, 0.25) is 0 Å². The topological polar surface area (TPSA) is 96.2 Å². The molecule has 0 radical (unpaired) electrons. The van der Waals surface area contributed by atoms with E-state index >= 15 is 0 Å². The van der Waals surface area contributed by atoms with Gasteiger partial charge in [0.05, 0.1) is 38.1 Å². The number of aliphatic hydroxyl groups is 3. The lowest BCUT2D eigenvalue weighted by Crippen LogP contribution is -2.26. The zero-order valence-corrected chi connectivity index (χ0v) is 20.4. The number of hydrogen-bond acceptors (Lipinski definition) is 6. The largest absolute Gasteiger partial charge is 0.463 e. The Hall–Kier alpha value is -0.950. The molecule has 6 heteroatoms. The highest BCUT2D eigenvalue weighted by Gasteiger charge is 2.42. The molecule has 0 aromatic rings. The van der Waals surface area contributed by atoms with Gasteiger partial charge in [0.2, 0.25) is 0 Å². The lowest BCUT2D eigenvalue weighted by molar-refractivity contribution is -0.137. The minimum atomic E-state index is -0.398. The predicted octanol–water partition coefficient (Wildman–Crippen LogP) is 4.54. The predicted molar refractivity (Wildman–Crippen MR) is 127 cm³/mol. The Kier molecular flexibility index (Phi) is 16.8. The third-order valence-corrected chi connectivity index (χ3v) is 6.55. The van der Waals surface area contributed by atoms with Crippen molar-refractivity contribution in [1.82, 2.24) is 0 Å². The molecule has 1 aliphatic carbocycles. The van der Waals surface area contributed by atoms with Gasteiger partial charge in [-0.3, -0.25) is 0 Å². The van der Waals surface area contributed by atoms with Gasteiger partial charge in [0.25, 0.3) is 0 Å². The second-order valence-corrected chi connectivity index (χ2v) is 9.20. The van der Waals surface area contributed by atoms with E-state index in [9.17, 15) is 15.0 Å². The molecule has 0 heterocycles. The highest BCUT2D eigenvalue weighted by atomic mass is 16.5. The summed E-state index contributed by atoms with van der Waals surface area (Å²) in [6.45, 7) is 4.98. The van der Waals surface area contributed by atoms with E-state index < -0.39 is 6.10 Å². The van der Waals surface area contributed by atoms with Crippen LogP contribution in [0.25, 0.3) is 0 Å².